The number of ether oxygens (including phenoxy) is 1. The van der Waals surface area contributed by atoms with Crippen LogP contribution in [0.5, 0.6) is 0 Å². The molecule has 5 rings (SSSR count). The Hall–Kier alpha value is -5.23. The monoisotopic (exact) mass is 462 g/mol. The number of nitriles is 1. The standard InChI is InChI=1S/C26H18N6O3/c27-15-19(23-28-20-13-7-8-14-21(20)29-23)22(33)16-35-26(34)24-30-25(17-9-3-1-4-10-17)32(31-24)18-11-5-2-6-12-18/h1-14,33H,16H2,(H,28,29)/b22-19-. The zero-order valence-electron chi connectivity index (χ0n) is 18.3. The minimum absolute atomic E-state index is 0.123. The second-order valence-corrected chi connectivity index (χ2v) is 7.48. The molecule has 5 aromatic rings. The molecule has 0 saturated heterocycles. The number of carbonyl (C=O) groups excluding carboxylic acids is 1. The molecule has 2 aromatic heterocycles. The van der Waals surface area contributed by atoms with Crippen molar-refractivity contribution in [1.29, 1.82) is 5.26 Å². The van der Waals surface area contributed by atoms with Crippen molar-refractivity contribution in [1.82, 2.24) is 24.7 Å². The van der Waals surface area contributed by atoms with Crippen LogP contribution >= 0.6 is 0 Å². The van der Waals surface area contributed by atoms with E-state index in [-0.39, 0.29) is 17.2 Å². The van der Waals surface area contributed by atoms with E-state index in [0.29, 0.717) is 16.9 Å². The molecule has 0 radical (unpaired) electrons. The van der Waals surface area contributed by atoms with Crippen LogP contribution in [-0.2, 0) is 4.74 Å². The summed E-state index contributed by atoms with van der Waals surface area (Å²) in [5.41, 5.74) is 2.72. The van der Waals surface area contributed by atoms with Crippen molar-refractivity contribution >= 4 is 22.6 Å². The Morgan fingerprint density at radius 3 is 2.37 bits per heavy atom. The summed E-state index contributed by atoms with van der Waals surface area (Å²) in [4.78, 5) is 24.4. The number of aliphatic hydroxyl groups excluding tert-OH is 1. The van der Waals surface area contributed by atoms with E-state index in [9.17, 15) is 15.2 Å². The van der Waals surface area contributed by atoms with Crippen molar-refractivity contribution < 1.29 is 14.6 Å². The number of esters is 1. The third-order valence-electron chi connectivity index (χ3n) is 5.19. The Morgan fingerprint density at radius 1 is 0.971 bits per heavy atom. The molecule has 0 aliphatic heterocycles. The summed E-state index contributed by atoms with van der Waals surface area (Å²) >= 11 is 0. The molecule has 3 aromatic carbocycles. The van der Waals surface area contributed by atoms with Gasteiger partial charge in [-0.15, -0.1) is 5.10 Å². The SMILES string of the molecule is N#C/C(=C(/O)COC(=O)c1nc(-c2ccccc2)n(-c2ccccc2)n1)c1nc2ccccc2[nH]1. The number of rotatable bonds is 6. The molecule has 170 valence electrons. The largest absolute Gasteiger partial charge is 0.507 e. The second kappa shape index (κ2) is 9.33. The van der Waals surface area contributed by atoms with Crippen molar-refractivity contribution in [3.05, 3.63) is 102 Å². The van der Waals surface area contributed by atoms with Gasteiger partial charge in [-0.3, -0.25) is 0 Å². The first-order valence-electron chi connectivity index (χ1n) is 10.7. The quantitative estimate of drug-likeness (QED) is 0.216. The third-order valence-corrected chi connectivity index (χ3v) is 5.19. The number of carbonyl (C=O) groups is 1. The molecule has 9 heteroatoms. The number of para-hydroxylation sites is 3. The Balaban J connectivity index is 1.41. The molecule has 0 unspecified atom stereocenters. The molecular formula is C26H18N6O3. The van der Waals surface area contributed by atoms with Gasteiger partial charge in [0.2, 0.25) is 0 Å². The molecule has 0 spiro atoms. The van der Waals surface area contributed by atoms with Crippen LogP contribution in [0.15, 0.2) is 90.7 Å². The van der Waals surface area contributed by atoms with Gasteiger partial charge in [-0.1, -0.05) is 60.7 Å². The van der Waals surface area contributed by atoms with Gasteiger partial charge >= 0.3 is 5.97 Å². The van der Waals surface area contributed by atoms with E-state index in [1.165, 1.54) is 0 Å². The fourth-order valence-corrected chi connectivity index (χ4v) is 3.52. The minimum Gasteiger partial charge on any atom is -0.507 e. The number of nitrogens with zero attached hydrogens (tertiary/aromatic N) is 5. The lowest BCUT2D eigenvalue weighted by Gasteiger charge is -2.05. The first-order chi connectivity index (χ1) is 17.1. The smallest absolute Gasteiger partial charge is 0.378 e. The lowest BCUT2D eigenvalue weighted by Crippen LogP contribution is -2.11. The number of nitrogens with one attached hydrogen (secondary N) is 1. The van der Waals surface area contributed by atoms with Crippen LogP contribution in [0, 0.1) is 11.3 Å². The van der Waals surface area contributed by atoms with Crippen LogP contribution in [0.2, 0.25) is 0 Å². The van der Waals surface area contributed by atoms with Crippen molar-refractivity contribution in [3.63, 3.8) is 0 Å². The predicted octanol–water partition coefficient (Wildman–Crippen LogP) is 4.46. The molecule has 0 fully saturated rings. The van der Waals surface area contributed by atoms with Crippen molar-refractivity contribution in [2.24, 2.45) is 0 Å². The number of H-pyrrole nitrogens is 1. The number of benzene rings is 3. The topological polar surface area (TPSA) is 130 Å². The molecule has 2 N–H and O–H groups in total. The second-order valence-electron chi connectivity index (χ2n) is 7.48. The summed E-state index contributed by atoms with van der Waals surface area (Å²) in [5, 5.41) is 24.4. The van der Waals surface area contributed by atoms with Gasteiger partial charge in [0.05, 0.1) is 16.7 Å². The van der Waals surface area contributed by atoms with E-state index in [0.717, 1.165) is 11.3 Å². The lowest BCUT2D eigenvalue weighted by molar-refractivity contribution is 0.0488. The van der Waals surface area contributed by atoms with Crippen molar-refractivity contribution in [3.8, 4) is 23.1 Å². The van der Waals surface area contributed by atoms with Crippen LogP contribution in [0.3, 0.4) is 0 Å². The number of fused-ring (bicyclic) bond motifs is 1. The van der Waals surface area contributed by atoms with Gasteiger partial charge in [0.15, 0.2) is 24.0 Å². The number of hydrogen-bond acceptors (Lipinski definition) is 7. The normalized spacial score (nSPS) is 11.6. The van der Waals surface area contributed by atoms with Gasteiger partial charge in [0.1, 0.15) is 11.6 Å². The molecule has 9 nitrogen and oxygen atoms in total. The number of allylic oxidation sites excluding steroid dienone is 1. The number of aliphatic hydroxyl groups is 1. The maximum atomic E-state index is 12.8. The third kappa shape index (κ3) is 4.36. The van der Waals surface area contributed by atoms with Gasteiger partial charge in [-0.2, -0.15) is 5.26 Å². The van der Waals surface area contributed by atoms with Crippen molar-refractivity contribution in [2.75, 3.05) is 6.61 Å². The molecular weight excluding hydrogens is 444 g/mol. The zero-order chi connectivity index (χ0) is 24.2. The average Bonchev–Trinajstić information content (AvgIpc) is 3.54. The predicted molar refractivity (Wildman–Crippen MR) is 128 cm³/mol. The number of aromatic nitrogens is 5. The Bertz CT molecular complexity index is 1490. The molecule has 0 amide bonds. The van der Waals surface area contributed by atoms with Gasteiger partial charge in [0, 0.05) is 5.56 Å². The van der Waals surface area contributed by atoms with Crippen LogP contribution in [-0.4, -0.2) is 42.4 Å². The van der Waals surface area contributed by atoms with E-state index in [2.05, 4.69) is 20.1 Å². The highest BCUT2D eigenvalue weighted by atomic mass is 16.5. The van der Waals surface area contributed by atoms with Crippen LogP contribution < -0.4 is 0 Å². The van der Waals surface area contributed by atoms with E-state index < -0.39 is 18.3 Å². The van der Waals surface area contributed by atoms with E-state index >= 15 is 0 Å². The fourth-order valence-electron chi connectivity index (χ4n) is 3.52. The lowest BCUT2D eigenvalue weighted by atomic mass is 10.2. The molecule has 0 aliphatic carbocycles. The fraction of sp³-hybridized carbons (Fsp3) is 0.0385. The van der Waals surface area contributed by atoms with E-state index in [1.54, 1.807) is 16.8 Å². The van der Waals surface area contributed by atoms with E-state index in [1.807, 2.05) is 78.9 Å². The highest BCUT2D eigenvalue weighted by molar-refractivity contribution is 5.87. The highest BCUT2D eigenvalue weighted by Gasteiger charge is 2.21. The summed E-state index contributed by atoms with van der Waals surface area (Å²) in [6, 6.07) is 27.7. The van der Waals surface area contributed by atoms with Gasteiger partial charge < -0.3 is 14.8 Å². The van der Waals surface area contributed by atoms with Gasteiger partial charge in [-0.05, 0) is 24.3 Å². The summed E-state index contributed by atoms with van der Waals surface area (Å²) in [5.74, 6) is -0.817. The molecule has 2 heterocycles. The summed E-state index contributed by atoms with van der Waals surface area (Å²) in [7, 11) is 0. The highest BCUT2D eigenvalue weighted by Crippen LogP contribution is 2.22. The van der Waals surface area contributed by atoms with Gasteiger partial charge in [0.25, 0.3) is 5.82 Å². The summed E-state index contributed by atoms with van der Waals surface area (Å²) in [6.45, 7) is -0.542. The Labute approximate surface area is 199 Å². The Kier molecular flexibility index (Phi) is 5.76. The van der Waals surface area contributed by atoms with E-state index in [4.69, 9.17) is 4.74 Å². The number of aromatic amines is 1. The van der Waals surface area contributed by atoms with Crippen LogP contribution in [0.25, 0.3) is 33.7 Å². The first kappa shape index (κ1) is 21.6. The summed E-state index contributed by atoms with van der Waals surface area (Å²) in [6.07, 6.45) is 0. The molecule has 0 bridgehead atoms. The minimum atomic E-state index is -0.842. The zero-order valence-corrected chi connectivity index (χ0v) is 18.3. The molecule has 0 atom stereocenters. The average molecular weight is 462 g/mol. The Morgan fingerprint density at radius 2 is 1.66 bits per heavy atom. The van der Waals surface area contributed by atoms with Crippen molar-refractivity contribution in [2.45, 2.75) is 0 Å². The number of imidazole rings is 1. The first-order valence-corrected chi connectivity index (χ1v) is 10.7. The number of hydrogen-bond donors (Lipinski definition) is 2. The molecule has 0 aliphatic rings. The summed E-state index contributed by atoms with van der Waals surface area (Å²) < 4.78 is 6.78. The van der Waals surface area contributed by atoms with Crippen LogP contribution in [0.4, 0.5) is 0 Å². The van der Waals surface area contributed by atoms with Gasteiger partial charge in [-0.25, -0.2) is 19.4 Å². The molecule has 35 heavy (non-hydrogen) atoms. The maximum Gasteiger partial charge on any atom is 0.378 e. The van der Waals surface area contributed by atoms with Crippen LogP contribution in [0.1, 0.15) is 16.4 Å². The molecule has 0 saturated carbocycles. The maximum absolute atomic E-state index is 12.8.